The third-order valence-electron chi connectivity index (χ3n) is 3.52. The van der Waals surface area contributed by atoms with Crippen LogP contribution in [-0.4, -0.2) is 22.9 Å². The zero-order valence-corrected chi connectivity index (χ0v) is 13.3. The van der Waals surface area contributed by atoms with Gasteiger partial charge in [-0.2, -0.15) is 0 Å². The molecule has 1 unspecified atom stereocenters. The van der Waals surface area contributed by atoms with Gasteiger partial charge in [0, 0.05) is 6.54 Å². The van der Waals surface area contributed by atoms with Crippen molar-refractivity contribution in [1.29, 1.82) is 0 Å². The maximum Gasteiger partial charge on any atom is 0.338 e. The lowest BCUT2D eigenvalue weighted by Crippen LogP contribution is -2.36. The molecule has 0 aliphatic rings. The summed E-state index contributed by atoms with van der Waals surface area (Å²) >= 11 is 0. The third kappa shape index (κ3) is 6.67. The van der Waals surface area contributed by atoms with E-state index in [2.05, 4.69) is 24.6 Å². The third-order valence-corrected chi connectivity index (χ3v) is 3.52. The number of rotatable bonds is 9. The molecule has 6 nitrogen and oxygen atoms in total. The SMILES string of the molecule is CCCCC(CC)CONC(=O)NCc1ccc(O)c(O)c1. The molecule has 0 radical (unpaired) electrons. The van der Waals surface area contributed by atoms with Crippen LogP contribution < -0.4 is 10.8 Å². The lowest BCUT2D eigenvalue weighted by atomic mass is 10.0. The second-order valence-electron chi connectivity index (χ2n) is 5.34. The minimum absolute atomic E-state index is 0.186. The highest BCUT2D eigenvalue weighted by atomic mass is 16.7. The van der Waals surface area contributed by atoms with Crippen LogP contribution in [0.3, 0.4) is 0 Å². The Morgan fingerprint density at radius 2 is 2.05 bits per heavy atom. The summed E-state index contributed by atoms with van der Waals surface area (Å²) < 4.78 is 0. The molecule has 0 spiro atoms. The van der Waals surface area contributed by atoms with Gasteiger partial charge in [-0.3, -0.25) is 4.84 Å². The van der Waals surface area contributed by atoms with Crippen molar-refractivity contribution in [3.05, 3.63) is 23.8 Å². The molecule has 0 aromatic heterocycles. The molecule has 2 amide bonds. The molecule has 0 aliphatic heterocycles. The van der Waals surface area contributed by atoms with Crippen LogP contribution in [-0.2, 0) is 11.4 Å². The molecule has 0 heterocycles. The smallest absolute Gasteiger partial charge is 0.338 e. The molecule has 1 aromatic carbocycles. The average Bonchev–Trinajstić information content (AvgIpc) is 2.51. The Labute approximate surface area is 131 Å². The maximum atomic E-state index is 11.6. The van der Waals surface area contributed by atoms with E-state index in [1.54, 1.807) is 6.07 Å². The van der Waals surface area contributed by atoms with E-state index >= 15 is 0 Å². The predicted molar refractivity (Wildman–Crippen MR) is 84.4 cm³/mol. The molecule has 1 rings (SSSR count). The fraction of sp³-hybridized carbons (Fsp3) is 0.562. The van der Waals surface area contributed by atoms with Gasteiger partial charge in [0.05, 0.1) is 6.61 Å². The summed E-state index contributed by atoms with van der Waals surface area (Å²) in [4.78, 5) is 16.8. The van der Waals surface area contributed by atoms with Crippen molar-refractivity contribution in [2.24, 2.45) is 5.92 Å². The van der Waals surface area contributed by atoms with Crippen molar-refractivity contribution in [3.63, 3.8) is 0 Å². The highest BCUT2D eigenvalue weighted by Gasteiger charge is 2.08. The van der Waals surface area contributed by atoms with E-state index in [9.17, 15) is 15.0 Å². The van der Waals surface area contributed by atoms with Gasteiger partial charge in [-0.05, 0) is 30.0 Å². The lowest BCUT2D eigenvalue weighted by Gasteiger charge is -2.15. The number of phenols is 2. The highest BCUT2D eigenvalue weighted by Crippen LogP contribution is 2.24. The van der Waals surface area contributed by atoms with Crippen molar-refractivity contribution < 1.29 is 19.8 Å². The second-order valence-corrected chi connectivity index (χ2v) is 5.34. The molecule has 4 N–H and O–H groups in total. The first kappa shape index (κ1) is 18.1. The quantitative estimate of drug-likeness (QED) is 0.417. The van der Waals surface area contributed by atoms with Crippen LogP contribution in [0.25, 0.3) is 0 Å². The van der Waals surface area contributed by atoms with Crippen LogP contribution in [0.5, 0.6) is 11.5 Å². The molecule has 0 aliphatic carbocycles. The summed E-state index contributed by atoms with van der Waals surface area (Å²) in [6.07, 6.45) is 4.45. The van der Waals surface area contributed by atoms with Gasteiger partial charge in [-0.1, -0.05) is 39.2 Å². The number of hydrogen-bond acceptors (Lipinski definition) is 4. The Hall–Kier alpha value is -1.95. The summed E-state index contributed by atoms with van der Waals surface area (Å²) in [5.74, 6) is 0.0567. The molecule has 0 bridgehead atoms. The Bertz CT molecular complexity index is 465. The predicted octanol–water partition coefficient (Wildman–Crippen LogP) is 3.05. The summed E-state index contributed by atoms with van der Waals surface area (Å²) in [5, 5.41) is 21.2. The van der Waals surface area contributed by atoms with E-state index < -0.39 is 6.03 Å². The number of carbonyl (C=O) groups excluding carboxylic acids is 1. The van der Waals surface area contributed by atoms with Crippen LogP contribution in [0.2, 0.25) is 0 Å². The fourth-order valence-electron chi connectivity index (χ4n) is 2.02. The Morgan fingerprint density at radius 3 is 2.68 bits per heavy atom. The molecular formula is C16H26N2O4. The number of carbonyl (C=O) groups is 1. The molecular weight excluding hydrogens is 284 g/mol. The number of phenolic OH excluding ortho intramolecular Hbond substituents is 2. The molecule has 0 fully saturated rings. The zero-order valence-electron chi connectivity index (χ0n) is 13.3. The van der Waals surface area contributed by atoms with E-state index in [0.29, 0.717) is 18.1 Å². The van der Waals surface area contributed by atoms with Gasteiger partial charge < -0.3 is 15.5 Å². The monoisotopic (exact) mass is 310 g/mol. The second kappa shape index (κ2) is 9.89. The van der Waals surface area contributed by atoms with E-state index in [-0.39, 0.29) is 18.0 Å². The summed E-state index contributed by atoms with van der Waals surface area (Å²) in [7, 11) is 0. The summed E-state index contributed by atoms with van der Waals surface area (Å²) in [5.41, 5.74) is 3.04. The first-order valence-corrected chi connectivity index (χ1v) is 7.73. The molecule has 124 valence electrons. The van der Waals surface area contributed by atoms with Crippen LogP contribution in [0.4, 0.5) is 4.79 Å². The van der Waals surface area contributed by atoms with Crippen molar-refractivity contribution in [2.75, 3.05) is 6.61 Å². The van der Waals surface area contributed by atoms with Gasteiger partial charge in [-0.25, -0.2) is 10.3 Å². The first-order valence-electron chi connectivity index (χ1n) is 7.73. The van der Waals surface area contributed by atoms with Gasteiger partial charge in [0.1, 0.15) is 0 Å². The topological polar surface area (TPSA) is 90.8 Å². The Morgan fingerprint density at radius 1 is 1.27 bits per heavy atom. The van der Waals surface area contributed by atoms with Gasteiger partial charge in [0.2, 0.25) is 0 Å². The Kier molecular flexibility index (Phi) is 8.14. The van der Waals surface area contributed by atoms with E-state index in [1.165, 1.54) is 18.6 Å². The number of urea groups is 1. The zero-order chi connectivity index (χ0) is 16.4. The number of hydrogen-bond donors (Lipinski definition) is 4. The van der Waals surface area contributed by atoms with Crippen molar-refractivity contribution >= 4 is 6.03 Å². The molecule has 0 saturated carbocycles. The number of hydroxylamine groups is 1. The maximum absolute atomic E-state index is 11.6. The van der Waals surface area contributed by atoms with Crippen LogP contribution in [0.1, 0.15) is 45.1 Å². The minimum atomic E-state index is -0.432. The van der Waals surface area contributed by atoms with E-state index in [0.717, 1.165) is 19.3 Å². The standard InChI is InChI=1S/C16H26N2O4/c1-3-5-6-12(4-2)11-22-18-16(21)17-10-13-7-8-14(19)15(20)9-13/h7-9,12,19-20H,3-6,10-11H2,1-2H3,(H2,17,18,21). The lowest BCUT2D eigenvalue weighted by molar-refractivity contribution is 0.0335. The van der Waals surface area contributed by atoms with Crippen molar-refractivity contribution in [3.8, 4) is 11.5 Å². The van der Waals surface area contributed by atoms with Crippen LogP contribution in [0, 0.1) is 5.92 Å². The minimum Gasteiger partial charge on any atom is -0.504 e. The number of unbranched alkanes of at least 4 members (excludes halogenated alkanes) is 1. The summed E-state index contributed by atoms with van der Waals surface area (Å²) in [6, 6.07) is 3.96. The summed E-state index contributed by atoms with van der Waals surface area (Å²) in [6.45, 7) is 5.00. The van der Waals surface area contributed by atoms with Crippen molar-refractivity contribution in [1.82, 2.24) is 10.8 Å². The fourth-order valence-corrected chi connectivity index (χ4v) is 2.02. The molecule has 22 heavy (non-hydrogen) atoms. The Balaban J connectivity index is 2.24. The normalized spacial score (nSPS) is 11.9. The number of nitrogens with one attached hydrogen (secondary N) is 2. The molecule has 1 aromatic rings. The molecule has 1 atom stereocenters. The average molecular weight is 310 g/mol. The highest BCUT2D eigenvalue weighted by molar-refractivity contribution is 5.72. The van der Waals surface area contributed by atoms with Gasteiger partial charge in [0.25, 0.3) is 0 Å². The van der Waals surface area contributed by atoms with Crippen LogP contribution >= 0.6 is 0 Å². The number of aromatic hydroxyl groups is 2. The molecule has 0 saturated heterocycles. The van der Waals surface area contributed by atoms with Gasteiger partial charge in [-0.15, -0.1) is 0 Å². The largest absolute Gasteiger partial charge is 0.504 e. The van der Waals surface area contributed by atoms with Gasteiger partial charge in [0.15, 0.2) is 11.5 Å². The number of amides is 2. The van der Waals surface area contributed by atoms with E-state index in [1.807, 2.05) is 0 Å². The van der Waals surface area contributed by atoms with E-state index in [4.69, 9.17) is 4.84 Å². The molecule has 6 heteroatoms. The van der Waals surface area contributed by atoms with Crippen molar-refractivity contribution in [2.45, 2.75) is 46.1 Å². The number of benzene rings is 1. The first-order chi connectivity index (χ1) is 10.6. The van der Waals surface area contributed by atoms with Crippen LogP contribution in [0.15, 0.2) is 18.2 Å². The van der Waals surface area contributed by atoms with Gasteiger partial charge >= 0.3 is 6.03 Å².